The summed E-state index contributed by atoms with van der Waals surface area (Å²) in [6, 6.07) is 6.97. The van der Waals surface area contributed by atoms with Gasteiger partial charge in [0.25, 0.3) is 5.91 Å². The van der Waals surface area contributed by atoms with Gasteiger partial charge >= 0.3 is 6.03 Å². The quantitative estimate of drug-likeness (QED) is 0.706. The lowest BCUT2D eigenvalue weighted by Crippen LogP contribution is -2.40. The van der Waals surface area contributed by atoms with Gasteiger partial charge < -0.3 is 20.4 Å². The molecule has 0 aliphatic carbocycles. The van der Waals surface area contributed by atoms with Gasteiger partial charge in [-0.15, -0.1) is 0 Å². The standard InChI is InChI=1S/C15H15ClFN3O3/c16-11-8-10(3-4-12(11)17)9-20-15(22)19-6-5-18-14(21)13-2-1-7-23-13/h1-4,7-8H,5-6,9H2,(H,18,21)(H2,19,20,22). The summed E-state index contributed by atoms with van der Waals surface area (Å²) in [5.41, 5.74) is 0.678. The molecular weight excluding hydrogens is 325 g/mol. The summed E-state index contributed by atoms with van der Waals surface area (Å²) in [7, 11) is 0. The van der Waals surface area contributed by atoms with Crippen molar-refractivity contribution in [3.05, 3.63) is 58.8 Å². The predicted molar refractivity (Wildman–Crippen MR) is 82.7 cm³/mol. The van der Waals surface area contributed by atoms with Crippen LogP contribution in [0.2, 0.25) is 5.02 Å². The predicted octanol–water partition coefficient (Wildman–Crippen LogP) is 2.30. The molecule has 3 amide bonds. The number of furan rings is 1. The first-order valence-electron chi connectivity index (χ1n) is 6.83. The van der Waals surface area contributed by atoms with Crippen molar-refractivity contribution in [1.82, 2.24) is 16.0 Å². The van der Waals surface area contributed by atoms with Crippen LogP contribution in [0.15, 0.2) is 41.0 Å². The monoisotopic (exact) mass is 339 g/mol. The second kappa shape index (κ2) is 8.19. The lowest BCUT2D eigenvalue weighted by Gasteiger charge is -2.08. The zero-order valence-corrected chi connectivity index (χ0v) is 12.8. The van der Waals surface area contributed by atoms with E-state index in [1.165, 1.54) is 24.5 Å². The Balaban J connectivity index is 1.63. The minimum absolute atomic E-state index is 0.00495. The molecule has 2 rings (SSSR count). The molecule has 0 aliphatic rings. The smallest absolute Gasteiger partial charge is 0.315 e. The van der Waals surface area contributed by atoms with Crippen molar-refractivity contribution in [2.75, 3.05) is 13.1 Å². The van der Waals surface area contributed by atoms with Gasteiger partial charge in [0.15, 0.2) is 5.76 Å². The molecule has 0 spiro atoms. The third-order valence-corrected chi connectivity index (χ3v) is 3.17. The van der Waals surface area contributed by atoms with Crippen LogP contribution >= 0.6 is 11.6 Å². The first-order valence-corrected chi connectivity index (χ1v) is 7.21. The van der Waals surface area contributed by atoms with E-state index in [1.54, 1.807) is 12.1 Å². The maximum atomic E-state index is 13.0. The Morgan fingerprint density at radius 3 is 2.61 bits per heavy atom. The Bertz CT molecular complexity index is 677. The molecule has 0 saturated heterocycles. The third-order valence-electron chi connectivity index (χ3n) is 2.88. The number of carbonyl (C=O) groups excluding carboxylic acids is 2. The third kappa shape index (κ3) is 5.30. The van der Waals surface area contributed by atoms with Crippen LogP contribution in [0.5, 0.6) is 0 Å². The van der Waals surface area contributed by atoms with E-state index in [2.05, 4.69) is 16.0 Å². The molecule has 6 nitrogen and oxygen atoms in total. The Hall–Kier alpha value is -2.54. The van der Waals surface area contributed by atoms with Gasteiger partial charge in [-0.2, -0.15) is 0 Å². The van der Waals surface area contributed by atoms with Crippen LogP contribution < -0.4 is 16.0 Å². The molecule has 122 valence electrons. The fourth-order valence-electron chi connectivity index (χ4n) is 1.74. The number of hydrogen-bond acceptors (Lipinski definition) is 3. The molecule has 3 N–H and O–H groups in total. The van der Waals surface area contributed by atoms with Crippen LogP contribution in [0, 0.1) is 5.82 Å². The number of nitrogens with one attached hydrogen (secondary N) is 3. The van der Waals surface area contributed by atoms with Crippen LogP contribution in [0.1, 0.15) is 16.1 Å². The minimum atomic E-state index is -0.507. The van der Waals surface area contributed by atoms with Crippen molar-refractivity contribution in [3.8, 4) is 0 Å². The number of amides is 3. The molecule has 0 unspecified atom stereocenters. The topological polar surface area (TPSA) is 83.4 Å². The number of urea groups is 1. The molecule has 1 aromatic carbocycles. The van der Waals surface area contributed by atoms with Crippen LogP contribution in [0.3, 0.4) is 0 Å². The van der Waals surface area contributed by atoms with E-state index in [9.17, 15) is 14.0 Å². The molecule has 0 bridgehead atoms. The lowest BCUT2D eigenvalue weighted by molar-refractivity contribution is 0.0926. The van der Waals surface area contributed by atoms with Gasteiger partial charge in [-0.25, -0.2) is 9.18 Å². The molecule has 0 fully saturated rings. The van der Waals surface area contributed by atoms with Crippen molar-refractivity contribution >= 4 is 23.5 Å². The van der Waals surface area contributed by atoms with Gasteiger partial charge in [0, 0.05) is 19.6 Å². The first kappa shape index (κ1) is 16.8. The fourth-order valence-corrected chi connectivity index (χ4v) is 1.94. The molecule has 0 radical (unpaired) electrons. The van der Waals surface area contributed by atoms with E-state index in [0.717, 1.165) is 0 Å². The summed E-state index contributed by atoms with van der Waals surface area (Å²) < 4.78 is 17.9. The van der Waals surface area contributed by atoms with E-state index in [0.29, 0.717) is 5.56 Å². The summed E-state index contributed by atoms with van der Waals surface area (Å²) in [5.74, 6) is -0.645. The largest absolute Gasteiger partial charge is 0.459 e. The average Bonchev–Trinajstić information content (AvgIpc) is 3.07. The fraction of sp³-hybridized carbons (Fsp3) is 0.200. The van der Waals surface area contributed by atoms with Gasteiger partial charge in [-0.3, -0.25) is 4.79 Å². The number of carbonyl (C=O) groups is 2. The maximum Gasteiger partial charge on any atom is 0.315 e. The van der Waals surface area contributed by atoms with E-state index in [-0.39, 0.29) is 36.3 Å². The average molecular weight is 340 g/mol. The summed E-state index contributed by atoms with van der Waals surface area (Å²) in [4.78, 5) is 23.1. The summed E-state index contributed by atoms with van der Waals surface area (Å²) in [5, 5.41) is 7.77. The molecule has 8 heteroatoms. The van der Waals surface area contributed by atoms with Gasteiger partial charge in [-0.1, -0.05) is 17.7 Å². The Morgan fingerprint density at radius 2 is 1.91 bits per heavy atom. The normalized spacial score (nSPS) is 10.2. The van der Waals surface area contributed by atoms with E-state index in [4.69, 9.17) is 16.0 Å². The van der Waals surface area contributed by atoms with Gasteiger partial charge in [0.1, 0.15) is 5.82 Å². The molecule has 1 aromatic heterocycles. The van der Waals surface area contributed by atoms with E-state index < -0.39 is 11.8 Å². The number of benzene rings is 1. The Morgan fingerprint density at radius 1 is 1.13 bits per heavy atom. The van der Waals surface area contributed by atoms with E-state index in [1.807, 2.05) is 0 Å². The highest BCUT2D eigenvalue weighted by Gasteiger charge is 2.07. The number of rotatable bonds is 6. The van der Waals surface area contributed by atoms with Crippen LogP contribution in [0.25, 0.3) is 0 Å². The molecule has 1 heterocycles. The van der Waals surface area contributed by atoms with Crippen molar-refractivity contribution in [2.45, 2.75) is 6.54 Å². The zero-order chi connectivity index (χ0) is 16.7. The zero-order valence-electron chi connectivity index (χ0n) is 12.1. The minimum Gasteiger partial charge on any atom is -0.459 e. The second-order valence-electron chi connectivity index (χ2n) is 4.59. The second-order valence-corrected chi connectivity index (χ2v) is 5.00. The van der Waals surface area contributed by atoms with Crippen molar-refractivity contribution < 1.29 is 18.4 Å². The molecule has 0 saturated carbocycles. The first-order chi connectivity index (χ1) is 11.1. The Kier molecular flexibility index (Phi) is 5.99. The molecule has 0 aliphatic heterocycles. The van der Waals surface area contributed by atoms with Gasteiger partial charge in [0.2, 0.25) is 0 Å². The highest BCUT2D eigenvalue weighted by molar-refractivity contribution is 6.30. The summed E-state index contributed by atoms with van der Waals surface area (Å²) in [6.07, 6.45) is 1.41. The van der Waals surface area contributed by atoms with Gasteiger partial charge in [0.05, 0.1) is 11.3 Å². The van der Waals surface area contributed by atoms with Crippen molar-refractivity contribution in [3.63, 3.8) is 0 Å². The van der Waals surface area contributed by atoms with Crippen LogP contribution in [0.4, 0.5) is 9.18 Å². The van der Waals surface area contributed by atoms with Crippen LogP contribution in [-0.4, -0.2) is 25.0 Å². The van der Waals surface area contributed by atoms with Crippen molar-refractivity contribution in [2.24, 2.45) is 0 Å². The highest BCUT2D eigenvalue weighted by atomic mass is 35.5. The number of hydrogen-bond donors (Lipinski definition) is 3. The van der Waals surface area contributed by atoms with E-state index >= 15 is 0 Å². The number of halogens is 2. The molecule has 23 heavy (non-hydrogen) atoms. The highest BCUT2D eigenvalue weighted by Crippen LogP contribution is 2.15. The SMILES string of the molecule is O=C(NCCNC(=O)c1ccco1)NCc1ccc(F)c(Cl)c1. The lowest BCUT2D eigenvalue weighted by atomic mass is 10.2. The summed E-state index contributed by atoms with van der Waals surface area (Å²) >= 11 is 5.65. The maximum absolute atomic E-state index is 13.0. The molecular formula is C15H15ClFN3O3. The Labute approximate surface area is 137 Å². The molecule has 2 aromatic rings. The van der Waals surface area contributed by atoms with Gasteiger partial charge in [-0.05, 0) is 29.8 Å². The summed E-state index contributed by atoms with van der Waals surface area (Å²) in [6.45, 7) is 0.725. The van der Waals surface area contributed by atoms with Crippen molar-refractivity contribution in [1.29, 1.82) is 0 Å². The molecule has 0 atom stereocenters. The van der Waals surface area contributed by atoms with Crippen LogP contribution in [-0.2, 0) is 6.54 Å².